The van der Waals surface area contributed by atoms with Gasteiger partial charge >= 0.3 is 31.3 Å². The second kappa shape index (κ2) is 29.4. The van der Waals surface area contributed by atoms with E-state index in [-0.39, 0.29) is 31.8 Å². The number of aliphatic hydroxyl groups excluding tert-OH is 8. The highest BCUT2D eigenvalue weighted by atomic mass is 32.1. The van der Waals surface area contributed by atoms with Crippen LogP contribution in [-0.2, 0) is 55.3 Å². The van der Waals surface area contributed by atoms with Gasteiger partial charge in [0.2, 0.25) is 0 Å². The fourth-order valence-corrected chi connectivity index (χ4v) is 9.69. The number of phosphoric ester groups is 4. The highest BCUT2D eigenvalue weighted by Gasteiger charge is 2.60. The number of nitrogens with zero attached hydrogens (tertiary/aromatic N) is 4. The molecule has 0 unspecified atom stereocenters. The van der Waals surface area contributed by atoms with E-state index in [1.807, 2.05) is 0 Å². The van der Waals surface area contributed by atoms with Crippen molar-refractivity contribution in [1.29, 1.82) is 0 Å². The van der Waals surface area contributed by atoms with Gasteiger partial charge in [0.25, 0.3) is 45.7 Å². The molecule has 4 aromatic rings. The molecule has 8 heterocycles. The Hall–Kier alpha value is -3.92. The van der Waals surface area contributed by atoms with Crippen LogP contribution in [-0.4, -0.2) is 217 Å². The van der Waals surface area contributed by atoms with E-state index < -0.39 is 187 Å². The summed E-state index contributed by atoms with van der Waals surface area (Å²) in [6.45, 7) is -5.15. The van der Waals surface area contributed by atoms with Gasteiger partial charge in [-0.3, -0.25) is 75.5 Å². The van der Waals surface area contributed by atoms with Crippen molar-refractivity contribution in [3.8, 4) is 0 Å². The van der Waals surface area contributed by atoms with Crippen LogP contribution < -0.4 is 22.2 Å². The van der Waals surface area contributed by atoms with Crippen molar-refractivity contribution in [2.45, 2.75) is 125 Å². The van der Waals surface area contributed by atoms with Gasteiger partial charge < -0.3 is 98.9 Å². The molecule has 4 saturated heterocycles. The Morgan fingerprint density at radius 3 is 0.989 bits per heavy atom. The van der Waals surface area contributed by atoms with Gasteiger partial charge in [-0.15, -0.1) is 0 Å². The van der Waals surface area contributed by atoms with Crippen LogP contribution in [0.4, 0.5) is 17.6 Å². The Labute approximate surface area is 536 Å². The van der Waals surface area contributed by atoms with Crippen LogP contribution >= 0.6 is 80.2 Å². The molecular formula is C40H56F4N8O32P4S4. The summed E-state index contributed by atoms with van der Waals surface area (Å²) in [7, 11) is -21.2. The van der Waals surface area contributed by atoms with E-state index in [4.69, 9.17) is 110 Å². The molecule has 92 heavy (non-hydrogen) atoms. The zero-order valence-corrected chi connectivity index (χ0v) is 52.8. The predicted octanol–water partition coefficient (Wildman–Crippen LogP) is -3.04. The Kier molecular flexibility index (Phi) is 22.2. The maximum atomic E-state index is 15.0. The van der Waals surface area contributed by atoms with E-state index in [2.05, 4.69) is 42.8 Å². The molecule has 0 amide bonds. The maximum Gasteiger partial charge on any atom is 0.469 e. The number of hydrogen-bond acceptors (Lipinski definition) is 28. The summed E-state index contributed by atoms with van der Waals surface area (Å²) in [5.41, 5.74) is -2.00. The number of H-pyrrole nitrogens is 4. The smallest absolute Gasteiger partial charge is 0.385 e. The minimum absolute atomic E-state index is 0.0404. The fourth-order valence-electron chi connectivity index (χ4n) is 7.54. The molecule has 0 spiro atoms. The highest BCUT2D eigenvalue weighted by Crippen LogP contribution is 2.48. The SMILES string of the molecule is Cc1cn([C@@H]2O[C@](F)(COP(=O)(O)O)[C@@H](O)[C@H]2O)c(=S)[nH]c1=O.[2H]C([2H])(OP(=O)(O)O)[C@@]1(F)O[C@@H](n2cc(C)c(=O)[nH]c2=S)[C@H](O)[C@@H]1O.[2H]C([2H])(OP(=O)(O)O)[C@@]1(F)O[C@@]([2H])(n2cc(C)c(=O)[nH]c2=S)[C@H](O)[C@@H]1O.[2H][C@@]1(n2cc(C)c(=O)[nH]c2=S)O[C@](F)(COP(=O)(O)O)[C@@H](O)[C@H]1O. The molecule has 4 aliphatic rings. The molecule has 0 radical (unpaired) electrons. The second-order valence-corrected chi connectivity index (χ2v) is 25.5. The number of aromatic amines is 4. The van der Waals surface area contributed by atoms with Crippen LogP contribution in [0.5, 0.6) is 0 Å². The first-order chi connectivity index (χ1) is 44.0. The molecule has 8 rings (SSSR count). The molecule has 0 saturated carbocycles. The van der Waals surface area contributed by atoms with Crippen molar-refractivity contribution < 1.29 is 161 Å². The number of hydrogen-bond donors (Lipinski definition) is 20. The van der Waals surface area contributed by atoms with Crippen LogP contribution in [0.15, 0.2) is 44.0 Å². The van der Waals surface area contributed by atoms with Gasteiger partial charge in [0, 0.05) is 47.0 Å². The lowest BCUT2D eigenvalue weighted by Gasteiger charge is -2.23. The van der Waals surface area contributed by atoms with Crippen LogP contribution in [0.1, 0.15) is 55.3 Å². The Bertz CT molecular complexity index is 4400. The van der Waals surface area contributed by atoms with Gasteiger partial charge in [0.15, 0.2) is 43.9 Å². The van der Waals surface area contributed by atoms with E-state index in [0.29, 0.717) is 9.13 Å². The Balaban J connectivity index is 0.000000236. The second-order valence-electron chi connectivity index (χ2n) is 19.1. The third-order valence-corrected chi connectivity index (χ3v) is 15.0. The average Bonchev–Trinajstić information content (AvgIpc) is 1.57. The summed E-state index contributed by atoms with van der Waals surface area (Å²) in [6.07, 6.45) is -23.4. The monoisotopic (exact) mass is 1490 g/mol. The first kappa shape index (κ1) is 69.4. The summed E-state index contributed by atoms with van der Waals surface area (Å²) in [6, 6.07) is 0. The number of nitrogens with one attached hydrogen (secondary N) is 4. The van der Waals surface area contributed by atoms with E-state index >= 15 is 4.39 Å². The van der Waals surface area contributed by atoms with E-state index in [0.717, 1.165) is 27.7 Å². The predicted molar refractivity (Wildman–Crippen MR) is 298 cm³/mol. The summed E-state index contributed by atoms with van der Waals surface area (Å²) in [5, 5.41) is 79.3. The number of ether oxygens (including phenoxy) is 4. The van der Waals surface area contributed by atoms with Crippen molar-refractivity contribution in [3.05, 3.63) is 108 Å². The molecule has 40 nitrogen and oxygen atoms in total. The molecule has 0 aliphatic carbocycles. The average molecular weight is 1500 g/mol. The molecule has 52 heteroatoms. The zero-order chi connectivity index (χ0) is 75.7. The van der Waals surface area contributed by atoms with Crippen molar-refractivity contribution in [2.75, 3.05) is 26.3 Å². The number of rotatable bonds is 16. The van der Waals surface area contributed by atoms with Crippen molar-refractivity contribution in [1.82, 2.24) is 38.2 Å². The van der Waals surface area contributed by atoms with Gasteiger partial charge in [-0.2, -0.15) is 0 Å². The summed E-state index contributed by atoms with van der Waals surface area (Å²) < 4.78 is 184. The molecule has 4 aromatic heterocycles. The van der Waals surface area contributed by atoms with Crippen molar-refractivity contribution in [3.63, 3.8) is 0 Å². The summed E-state index contributed by atoms with van der Waals surface area (Å²) >= 11 is 19.4. The lowest BCUT2D eigenvalue weighted by molar-refractivity contribution is -0.204. The molecule has 520 valence electrons. The fraction of sp³-hybridized carbons (Fsp3) is 0.600. The normalized spacial score (nSPS) is 34.3. The third-order valence-electron chi connectivity index (χ3n) is 12.1. The molecular weight excluding hydrogens is 1430 g/mol. The van der Waals surface area contributed by atoms with Crippen molar-refractivity contribution in [2.24, 2.45) is 0 Å². The quantitative estimate of drug-likeness (QED) is 0.0301. The number of phosphoric acid groups is 4. The molecule has 0 aromatic carbocycles. The zero-order valence-electron chi connectivity index (χ0n) is 51.9. The van der Waals surface area contributed by atoms with Crippen LogP contribution in [0.3, 0.4) is 0 Å². The Morgan fingerprint density at radius 1 is 0.446 bits per heavy atom. The Morgan fingerprint density at radius 2 is 0.674 bits per heavy atom. The first-order valence-electron chi connectivity index (χ1n) is 27.2. The standard InChI is InChI=1S/4C10H14FN2O8PS/c4*1-4-2-13(9(23)12-7(4)16)8-5(14)6(15)10(11,21-8)3-20-22(17,18)19/h4*2,5-6,8,14-15H,3H2,1H3,(H,12,16,23)(H2,17,18,19)/t4*5-,6+,8-,10-/m1111/s1/i3D2,8D;8D;3D2;. The summed E-state index contributed by atoms with van der Waals surface area (Å²) in [4.78, 5) is 124. The van der Waals surface area contributed by atoms with Crippen molar-refractivity contribution >= 4 is 80.2 Å². The van der Waals surface area contributed by atoms with Gasteiger partial charge in [0.1, 0.15) is 75.2 Å². The third kappa shape index (κ3) is 19.2. The number of aromatic nitrogens is 8. The van der Waals surface area contributed by atoms with Gasteiger partial charge in [-0.05, 0) is 76.6 Å². The largest absolute Gasteiger partial charge is 0.469 e. The molecule has 4 aliphatic heterocycles. The lowest BCUT2D eigenvalue weighted by atomic mass is 10.1. The molecule has 0 bridgehead atoms. The lowest BCUT2D eigenvalue weighted by Crippen LogP contribution is -2.42. The number of aliphatic hydroxyl groups is 8. The van der Waals surface area contributed by atoms with Crippen LogP contribution in [0.25, 0.3) is 0 Å². The van der Waals surface area contributed by atoms with Crippen LogP contribution in [0, 0.1) is 46.8 Å². The summed E-state index contributed by atoms with van der Waals surface area (Å²) in [5.74, 6) is -14.3. The van der Waals surface area contributed by atoms with E-state index in [1.54, 1.807) is 0 Å². The number of halogens is 4. The maximum absolute atomic E-state index is 15.0. The first-order valence-corrected chi connectivity index (χ1v) is 31.9. The topological polar surface area (TPSA) is 617 Å². The van der Waals surface area contributed by atoms with E-state index in [1.165, 1.54) is 33.9 Å². The minimum atomic E-state index is -5.59. The molecule has 4 fully saturated rings. The van der Waals surface area contributed by atoms with Gasteiger partial charge in [-0.1, -0.05) is 0 Å². The van der Waals surface area contributed by atoms with Crippen LogP contribution in [0.2, 0.25) is 0 Å². The minimum Gasteiger partial charge on any atom is -0.385 e. The van der Waals surface area contributed by atoms with Gasteiger partial charge in [0.05, 0.1) is 8.22 Å². The molecule has 20 N–H and O–H groups in total. The number of aryl methyl sites for hydroxylation is 4. The molecule has 16 atom stereocenters. The number of alkyl halides is 4. The van der Waals surface area contributed by atoms with E-state index in [9.17, 15) is 91.5 Å². The highest BCUT2D eigenvalue weighted by molar-refractivity contribution is 7.71. The van der Waals surface area contributed by atoms with Gasteiger partial charge in [-0.25, -0.2) is 35.8 Å².